The summed E-state index contributed by atoms with van der Waals surface area (Å²) in [7, 11) is 1.54. The number of benzene rings is 2. The average Bonchev–Trinajstić information content (AvgIpc) is 3.22. The van der Waals surface area contributed by atoms with Crippen molar-refractivity contribution in [3.8, 4) is 5.75 Å². The molecule has 2 heterocycles. The number of amides is 1. The van der Waals surface area contributed by atoms with Crippen LogP contribution in [0.2, 0.25) is 0 Å². The molecule has 0 saturated carbocycles. The first kappa shape index (κ1) is 23.4. The highest BCUT2D eigenvalue weighted by Crippen LogP contribution is 2.31. The number of aromatic nitrogens is 2. The molecule has 1 amide bonds. The van der Waals surface area contributed by atoms with E-state index in [0.717, 1.165) is 15.6 Å². The second kappa shape index (κ2) is 9.64. The highest BCUT2D eigenvalue weighted by molar-refractivity contribution is 7.22. The van der Waals surface area contributed by atoms with Gasteiger partial charge in [-0.05, 0) is 50.1 Å². The Kier molecular flexibility index (Phi) is 6.65. The predicted molar refractivity (Wildman–Crippen MR) is 133 cm³/mol. The number of carbonyl (C=O) groups is 2. The van der Waals surface area contributed by atoms with Crippen LogP contribution < -0.4 is 15.6 Å². The number of thiazole rings is 1. The fraction of sp³-hybridized carbons (Fsp3) is 0.280. The lowest BCUT2D eigenvalue weighted by Crippen LogP contribution is -2.33. The monoisotopic (exact) mass is 479 g/mol. The maximum Gasteiger partial charge on any atom is 0.338 e. The van der Waals surface area contributed by atoms with Gasteiger partial charge in [-0.15, -0.1) is 0 Å². The number of aryl methyl sites for hydroxylation is 1. The molecule has 176 valence electrons. The second-order valence-corrected chi connectivity index (χ2v) is 8.76. The number of methoxy groups -OCH3 is 1. The lowest BCUT2D eigenvalue weighted by Gasteiger charge is -2.21. The van der Waals surface area contributed by atoms with Crippen molar-refractivity contribution in [1.82, 2.24) is 9.55 Å². The first-order chi connectivity index (χ1) is 16.4. The summed E-state index contributed by atoms with van der Waals surface area (Å²) in [4.78, 5) is 42.9. The van der Waals surface area contributed by atoms with Gasteiger partial charge in [0.05, 0.1) is 35.0 Å². The van der Waals surface area contributed by atoms with Gasteiger partial charge in [0.15, 0.2) is 5.13 Å². The molecule has 0 aliphatic carbocycles. The molecule has 0 radical (unpaired) electrons. The number of esters is 1. The van der Waals surface area contributed by atoms with Gasteiger partial charge >= 0.3 is 5.97 Å². The Balaban J connectivity index is 1.71. The van der Waals surface area contributed by atoms with Gasteiger partial charge in [0.25, 0.3) is 5.56 Å². The molecule has 1 N–H and O–H groups in total. The van der Waals surface area contributed by atoms with E-state index in [2.05, 4.69) is 10.3 Å². The Bertz CT molecular complexity index is 1460. The van der Waals surface area contributed by atoms with Crippen LogP contribution in [0.1, 0.15) is 42.2 Å². The van der Waals surface area contributed by atoms with Gasteiger partial charge in [-0.3, -0.25) is 14.2 Å². The summed E-state index contributed by atoms with van der Waals surface area (Å²) in [5.74, 6) is -0.240. The largest absolute Gasteiger partial charge is 0.495 e. The molecule has 0 aliphatic heterocycles. The van der Waals surface area contributed by atoms with Crippen LogP contribution in [0.5, 0.6) is 5.75 Å². The van der Waals surface area contributed by atoms with Crippen molar-refractivity contribution in [2.75, 3.05) is 19.0 Å². The maximum atomic E-state index is 13.3. The zero-order valence-electron chi connectivity index (χ0n) is 19.4. The Labute approximate surface area is 200 Å². The summed E-state index contributed by atoms with van der Waals surface area (Å²) in [5.41, 5.74) is 2.20. The van der Waals surface area contributed by atoms with Gasteiger partial charge in [-0.1, -0.05) is 30.4 Å². The van der Waals surface area contributed by atoms with E-state index in [0.29, 0.717) is 33.9 Å². The van der Waals surface area contributed by atoms with Gasteiger partial charge in [0.2, 0.25) is 5.91 Å². The number of nitrogens with one attached hydrogen (secondary N) is 1. The molecule has 0 spiro atoms. The smallest absolute Gasteiger partial charge is 0.338 e. The van der Waals surface area contributed by atoms with Crippen LogP contribution >= 0.6 is 11.3 Å². The van der Waals surface area contributed by atoms with Crippen molar-refractivity contribution in [2.45, 2.75) is 33.2 Å². The summed E-state index contributed by atoms with van der Waals surface area (Å²) < 4.78 is 12.8. The highest BCUT2D eigenvalue weighted by Gasteiger charge is 2.25. The number of para-hydroxylation sites is 1. The minimum absolute atomic E-state index is 0.278. The Morgan fingerprint density at radius 3 is 2.68 bits per heavy atom. The van der Waals surface area contributed by atoms with Gasteiger partial charge in [0.1, 0.15) is 11.8 Å². The zero-order chi connectivity index (χ0) is 24.4. The number of nitrogens with zero attached hydrogens (tertiary/aromatic N) is 2. The quantitative estimate of drug-likeness (QED) is 0.386. The molecule has 4 rings (SSSR count). The average molecular weight is 480 g/mol. The van der Waals surface area contributed by atoms with Crippen molar-refractivity contribution in [2.24, 2.45) is 0 Å². The molecular weight excluding hydrogens is 454 g/mol. The molecule has 8 nitrogen and oxygen atoms in total. The molecule has 4 aromatic rings. The van der Waals surface area contributed by atoms with Gasteiger partial charge in [-0.2, -0.15) is 0 Å². The Morgan fingerprint density at radius 1 is 1.18 bits per heavy atom. The molecule has 2 aromatic heterocycles. The van der Waals surface area contributed by atoms with Crippen molar-refractivity contribution in [3.63, 3.8) is 0 Å². The molecule has 1 unspecified atom stereocenters. The Hall–Kier alpha value is -3.72. The van der Waals surface area contributed by atoms with Gasteiger partial charge in [0, 0.05) is 11.5 Å². The third-order valence-corrected chi connectivity index (χ3v) is 6.53. The first-order valence-electron chi connectivity index (χ1n) is 10.9. The number of ether oxygens (including phenoxy) is 2. The number of pyridine rings is 1. The summed E-state index contributed by atoms with van der Waals surface area (Å²) in [6.45, 7) is 5.75. The second-order valence-electron chi connectivity index (χ2n) is 7.73. The minimum atomic E-state index is -0.769. The molecular formula is C25H25N3O5S. The topological polar surface area (TPSA) is 99.5 Å². The standard InChI is InChI=1S/C25H25N3O5S/c1-5-18(28-21(29)12-14(3)16-8-7-9-19(32-4)22(16)28)23(30)27-25-26-17-11-10-15(13-20(17)34-25)24(31)33-6-2/h7-13,18H,5-6H2,1-4H3,(H,26,27,30). The third-order valence-electron chi connectivity index (χ3n) is 5.59. The zero-order valence-corrected chi connectivity index (χ0v) is 20.2. The van der Waals surface area contributed by atoms with Crippen LogP contribution in [0.3, 0.4) is 0 Å². The van der Waals surface area contributed by atoms with E-state index in [4.69, 9.17) is 9.47 Å². The first-order valence-corrected chi connectivity index (χ1v) is 11.8. The van der Waals surface area contributed by atoms with Crippen molar-refractivity contribution < 1.29 is 19.1 Å². The van der Waals surface area contributed by atoms with Crippen LogP contribution in [0.4, 0.5) is 5.13 Å². The van der Waals surface area contributed by atoms with Crippen molar-refractivity contribution in [1.29, 1.82) is 0 Å². The van der Waals surface area contributed by atoms with E-state index in [1.54, 1.807) is 38.3 Å². The number of hydrogen-bond donors (Lipinski definition) is 1. The normalized spacial score (nSPS) is 12.0. The summed E-state index contributed by atoms with van der Waals surface area (Å²) in [6.07, 6.45) is 0.389. The fourth-order valence-electron chi connectivity index (χ4n) is 4.00. The van der Waals surface area contributed by atoms with Crippen LogP contribution in [0, 0.1) is 6.92 Å². The Morgan fingerprint density at radius 2 is 1.97 bits per heavy atom. The molecule has 0 fully saturated rings. The van der Waals surface area contributed by atoms with Crippen LogP contribution in [-0.4, -0.2) is 35.1 Å². The third kappa shape index (κ3) is 4.26. The summed E-state index contributed by atoms with van der Waals surface area (Å²) in [6, 6.07) is 11.4. The lowest BCUT2D eigenvalue weighted by molar-refractivity contribution is -0.119. The SMILES string of the molecule is CCOC(=O)c1ccc2nc(NC(=O)C(CC)n3c(=O)cc(C)c4cccc(OC)c43)sc2c1. The van der Waals surface area contributed by atoms with Crippen LogP contribution in [-0.2, 0) is 9.53 Å². The van der Waals surface area contributed by atoms with E-state index >= 15 is 0 Å². The van der Waals surface area contributed by atoms with Crippen molar-refractivity contribution in [3.05, 3.63) is 63.9 Å². The van der Waals surface area contributed by atoms with Gasteiger partial charge < -0.3 is 14.8 Å². The molecule has 2 aromatic carbocycles. The minimum Gasteiger partial charge on any atom is -0.495 e. The van der Waals surface area contributed by atoms with Crippen LogP contribution in [0.15, 0.2) is 47.3 Å². The number of anilines is 1. The van der Waals surface area contributed by atoms with Gasteiger partial charge in [-0.25, -0.2) is 9.78 Å². The highest BCUT2D eigenvalue weighted by atomic mass is 32.1. The molecule has 1 atom stereocenters. The van der Waals surface area contributed by atoms with E-state index in [9.17, 15) is 14.4 Å². The van der Waals surface area contributed by atoms with Crippen LogP contribution in [0.25, 0.3) is 21.1 Å². The lowest BCUT2D eigenvalue weighted by atomic mass is 10.1. The maximum absolute atomic E-state index is 13.3. The van der Waals surface area contributed by atoms with Crippen molar-refractivity contribution >= 4 is 49.5 Å². The summed E-state index contributed by atoms with van der Waals surface area (Å²) >= 11 is 1.25. The number of carbonyl (C=O) groups excluding carboxylic acids is 2. The van der Waals surface area contributed by atoms with E-state index in [1.165, 1.54) is 22.0 Å². The molecule has 0 bridgehead atoms. The molecule has 0 saturated heterocycles. The fourth-order valence-corrected chi connectivity index (χ4v) is 4.91. The number of hydrogen-bond acceptors (Lipinski definition) is 7. The number of fused-ring (bicyclic) bond motifs is 2. The molecule has 34 heavy (non-hydrogen) atoms. The molecule has 0 aliphatic rings. The summed E-state index contributed by atoms with van der Waals surface area (Å²) in [5, 5.41) is 4.08. The molecule has 9 heteroatoms. The van der Waals surface area contributed by atoms with E-state index < -0.39 is 12.0 Å². The number of rotatable bonds is 7. The predicted octanol–water partition coefficient (Wildman–Crippen LogP) is 4.69. The van der Waals surface area contributed by atoms with E-state index in [1.807, 2.05) is 26.0 Å². The van der Waals surface area contributed by atoms with E-state index in [-0.39, 0.29) is 18.1 Å².